The molecule has 2 amide bonds. The number of hydrogen-bond acceptors (Lipinski definition) is 4. The van der Waals surface area contributed by atoms with E-state index in [1.54, 1.807) is 31.2 Å². The second-order valence-corrected chi connectivity index (χ2v) is 6.07. The van der Waals surface area contributed by atoms with E-state index in [4.69, 9.17) is 4.74 Å². The van der Waals surface area contributed by atoms with E-state index in [0.717, 1.165) is 5.56 Å². The summed E-state index contributed by atoms with van der Waals surface area (Å²) in [7, 11) is 0. The Morgan fingerprint density at radius 1 is 1.04 bits per heavy atom. The maximum absolute atomic E-state index is 12.4. The molecule has 0 heterocycles. The molecule has 0 aliphatic heterocycles. The predicted molar refractivity (Wildman–Crippen MR) is 103 cm³/mol. The van der Waals surface area contributed by atoms with Crippen LogP contribution in [0.3, 0.4) is 0 Å². The molecule has 0 fully saturated rings. The fraction of sp³-hybridized carbons (Fsp3) is 0.286. The van der Waals surface area contributed by atoms with Crippen LogP contribution in [0.15, 0.2) is 54.6 Å². The van der Waals surface area contributed by atoms with Crippen molar-refractivity contribution in [2.45, 2.75) is 26.8 Å². The minimum atomic E-state index is -0.423. The van der Waals surface area contributed by atoms with Crippen molar-refractivity contribution in [1.82, 2.24) is 5.32 Å². The standard InChI is InChI=1S/C21H24N2O4/c1-4-27-21(26)18-10-12-19(13-11-18)23(16(3)24)14-20(25)22-15(2)17-8-6-5-7-9-17/h5-13,15H,4,14H2,1-3H3,(H,22,25). The van der Waals surface area contributed by atoms with Crippen molar-refractivity contribution in [3.63, 3.8) is 0 Å². The molecule has 0 aliphatic rings. The third-order valence-corrected chi connectivity index (χ3v) is 4.05. The molecule has 0 bridgehead atoms. The number of amides is 2. The van der Waals surface area contributed by atoms with Gasteiger partial charge in [-0.1, -0.05) is 30.3 Å². The summed E-state index contributed by atoms with van der Waals surface area (Å²) >= 11 is 0. The van der Waals surface area contributed by atoms with Crippen molar-refractivity contribution < 1.29 is 19.1 Å². The van der Waals surface area contributed by atoms with Crippen molar-refractivity contribution in [3.05, 3.63) is 65.7 Å². The Hall–Kier alpha value is -3.15. The molecule has 142 valence electrons. The molecule has 1 unspecified atom stereocenters. The van der Waals surface area contributed by atoms with Gasteiger partial charge in [-0.2, -0.15) is 0 Å². The molecule has 0 saturated heterocycles. The Bertz CT molecular complexity index is 788. The SMILES string of the molecule is CCOC(=O)c1ccc(N(CC(=O)NC(C)c2ccccc2)C(C)=O)cc1. The zero-order chi connectivity index (χ0) is 19.8. The first-order valence-corrected chi connectivity index (χ1v) is 8.82. The van der Waals surface area contributed by atoms with Gasteiger partial charge in [-0.15, -0.1) is 0 Å². The fourth-order valence-corrected chi connectivity index (χ4v) is 2.63. The smallest absolute Gasteiger partial charge is 0.338 e. The largest absolute Gasteiger partial charge is 0.462 e. The molecule has 27 heavy (non-hydrogen) atoms. The molecule has 0 saturated carbocycles. The molecule has 2 rings (SSSR count). The van der Waals surface area contributed by atoms with E-state index < -0.39 is 5.97 Å². The Morgan fingerprint density at radius 2 is 1.67 bits per heavy atom. The number of carbonyl (C=O) groups is 3. The highest BCUT2D eigenvalue weighted by molar-refractivity contribution is 5.98. The summed E-state index contributed by atoms with van der Waals surface area (Å²) < 4.78 is 4.94. The highest BCUT2D eigenvalue weighted by atomic mass is 16.5. The van der Waals surface area contributed by atoms with Gasteiger partial charge in [0, 0.05) is 12.6 Å². The van der Waals surface area contributed by atoms with E-state index in [1.807, 2.05) is 37.3 Å². The maximum Gasteiger partial charge on any atom is 0.338 e. The van der Waals surface area contributed by atoms with Crippen LogP contribution < -0.4 is 10.2 Å². The summed E-state index contributed by atoms with van der Waals surface area (Å²) in [6.45, 7) is 5.20. The minimum absolute atomic E-state index is 0.106. The van der Waals surface area contributed by atoms with Crippen LogP contribution in [0.1, 0.15) is 42.7 Å². The van der Waals surface area contributed by atoms with Crippen molar-refractivity contribution in [2.75, 3.05) is 18.1 Å². The second kappa shape index (κ2) is 9.52. The van der Waals surface area contributed by atoms with Gasteiger partial charge in [0.25, 0.3) is 0 Å². The highest BCUT2D eigenvalue weighted by Gasteiger charge is 2.18. The van der Waals surface area contributed by atoms with Gasteiger partial charge in [0.2, 0.25) is 11.8 Å². The summed E-state index contributed by atoms with van der Waals surface area (Å²) in [6, 6.07) is 15.8. The molecule has 1 N–H and O–H groups in total. The number of nitrogens with zero attached hydrogens (tertiary/aromatic N) is 1. The second-order valence-electron chi connectivity index (χ2n) is 6.07. The van der Waals surface area contributed by atoms with Crippen LogP contribution in [0, 0.1) is 0 Å². The summed E-state index contributed by atoms with van der Waals surface area (Å²) in [5.41, 5.74) is 1.92. The van der Waals surface area contributed by atoms with Crippen LogP contribution >= 0.6 is 0 Å². The normalized spacial score (nSPS) is 11.4. The average molecular weight is 368 g/mol. The quantitative estimate of drug-likeness (QED) is 0.762. The van der Waals surface area contributed by atoms with Gasteiger partial charge in [0.05, 0.1) is 18.2 Å². The number of nitrogens with one attached hydrogen (secondary N) is 1. The number of benzene rings is 2. The van der Waals surface area contributed by atoms with Crippen molar-refractivity contribution in [1.29, 1.82) is 0 Å². The lowest BCUT2D eigenvalue weighted by atomic mass is 10.1. The Kier molecular flexibility index (Phi) is 7.11. The molecule has 6 nitrogen and oxygen atoms in total. The first-order chi connectivity index (χ1) is 12.9. The fourth-order valence-electron chi connectivity index (χ4n) is 2.63. The predicted octanol–water partition coefficient (Wildman–Crippen LogP) is 3.09. The molecular formula is C21H24N2O4. The zero-order valence-corrected chi connectivity index (χ0v) is 15.8. The molecule has 0 aliphatic carbocycles. The first-order valence-electron chi connectivity index (χ1n) is 8.82. The third kappa shape index (κ3) is 5.67. The highest BCUT2D eigenvalue weighted by Crippen LogP contribution is 2.17. The van der Waals surface area contributed by atoms with E-state index in [9.17, 15) is 14.4 Å². The molecule has 6 heteroatoms. The van der Waals surface area contributed by atoms with Crippen LogP contribution in [-0.4, -0.2) is 30.9 Å². The van der Waals surface area contributed by atoms with Gasteiger partial charge >= 0.3 is 5.97 Å². The van der Waals surface area contributed by atoms with Crippen LogP contribution in [-0.2, 0) is 14.3 Å². The molecule has 2 aromatic carbocycles. The van der Waals surface area contributed by atoms with Gasteiger partial charge in [-0.05, 0) is 43.7 Å². The molecule has 2 aromatic rings. The monoisotopic (exact) mass is 368 g/mol. The molecule has 0 aromatic heterocycles. The topological polar surface area (TPSA) is 75.7 Å². The van der Waals surface area contributed by atoms with Gasteiger partial charge in [0.15, 0.2) is 0 Å². The molecule has 0 radical (unpaired) electrons. The van der Waals surface area contributed by atoms with Gasteiger partial charge < -0.3 is 15.0 Å². The summed E-state index contributed by atoms with van der Waals surface area (Å²) in [4.78, 5) is 37.5. The van der Waals surface area contributed by atoms with Crippen LogP contribution in [0.4, 0.5) is 5.69 Å². The average Bonchev–Trinajstić information content (AvgIpc) is 2.67. The lowest BCUT2D eigenvalue weighted by Crippen LogP contribution is -2.40. The first kappa shape index (κ1) is 20.2. The van der Waals surface area contributed by atoms with E-state index >= 15 is 0 Å². The minimum Gasteiger partial charge on any atom is -0.462 e. The van der Waals surface area contributed by atoms with Gasteiger partial charge in [-0.3, -0.25) is 9.59 Å². The number of esters is 1. The van der Waals surface area contributed by atoms with Crippen molar-refractivity contribution in [2.24, 2.45) is 0 Å². The summed E-state index contributed by atoms with van der Waals surface area (Å²) in [5.74, 6) is -0.953. The summed E-state index contributed by atoms with van der Waals surface area (Å²) in [6.07, 6.45) is 0. The van der Waals surface area contributed by atoms with Crippen molar-refractivity contribution >= 4 is 23.5 Å². The van der Waals surface area contributed by atoms with Gasteiger partial charge in [0.1, 0.15) is 6.54 Å². The van der Waals surface area contributed by atoms with E-state index in [2.05, 4.69) is 5.32 Å². The van der Waals surface area contributed by atoms with Crippen LogP contribution in [0.2, 0.25) is 0 Å². The Balaban J connectivity index is 2.05. The molecule has 0 spiro atoms. The summed E-state index contributed by atoms with van der Waals surface area (Å²) in [5, 5.41) is 2.89. The molecule has 1 atom stereocenters. The van der Waals surface area contributed by atoms with E-state index in [-0.39, 0.29) is 24.4 Å². The lowest BCUT2D eigenvalue weighted by molar-refractivity contribution is -0.123. The van der Waals surface area contributed by atoms with Crippen LogP contribution in [0.5, 0.6) is 0 Å². The number of rotatable bonds is 7. The van der Waals surface area contributed by atoms with Crippen LogP contribution in [0.25, 0.3) is 0 Å². The van der Waals surface area contributed by atoms with E-state index in [0.29, 0.717) is 17.9 Å². The molecular weight excluding hydrogens is 344 g/mol. The van der Waals surface area contributed by atoms with Gasteiger partial charge in [-0.25, -0.2) is 4.79 Å². The van der Waals surface area contributed by atoms with Crippen molar-refractivity contribution in [3.8, 4) is 0 Å². The lowest BCUT2D eigenvalue weighted by Gasteiger charge is -2.22. The number of anilines is 1. The number of hydrogen-bond donors (Lipinski definition) is 1. The Morgan fingerprint density at radius 3 is 2.22 bits per heavy atom. The number of ether oxygens (including phenoxy) is 1. The maximum atomic E-state index is 12.4. The number of carbonyl (C=O) groups excluding carboxylic acids is 3. The Labute approximate surface area is 159 Å². The van der Waals surface area contributed by atoms with E-state index in [1.165, 1.54) is 11.8 Å². The zero-order valence-electron chi connectivity index (χ0n) is 15.8. The third-order valence-electron chi connectivity index (χ3n) is 4.05.